The summed E-state index contributed by atoms with van der Waals surface area (Å²) in [7, 11) is 0. The molecule has 0 radical (unpaired) electrons. The third kappa shape index (κ3) is 4.44. The SMILES string of the molecule is Cc1c(Cl)cccc1NCc1nn2c(C(=O)Nc3cccc(Cl)c3)c(-c3ccccc3)c3c2n1CCCC3. The van der Waals surface area contributed by atoms with Gasteiger partial charge in [-0.3, -0.25) is 4.79 Å². The number of carbonyl (C=O) groups excluding carboxylic acids is 1. The van der Waals surface area contributed by atoms with Gasteiger partial charge in [-0.25, -0.2) is 4.52 Å². The standard InChI is InChI=1S/C30H27Cl2N5O/c1-19-24(32)14-8-15-25(19)33-18-26-35-37-28(29(38)34-22-12-7-11-21(31)17-22)27(20-9-3-2-4-10-20)23-13-5-6-16-36(26)30(23)37/h2-4,7-12,14-15,17,33H,5-6,13,16,18H2,1H3,(H,34,38). The Morgan fingerprint density at radius 3 is 2.63 bits per heavy atom. The molecule has 0 unspecified atom stereocenters. The van der Waals surface area contributed by atoms with E-state index in [1.807, 2.05) is 60.0 Å². The van der Waals surface area contributed by atoms with Crippen molar-refractivity contribution in [1.82, 2.24) is 14.2 Å². The van der Waals surface area contributed by atoms with E-state index in [9.17, 15) is 4.79 Å². The summed E-state index contributed by atoms with van der Waals surface area (Å²) in [6.07, 6.45) is 2.96. The Morgan fingerprint density at radius 2 is 1.82 bits per heavy atom. The molecule has 0 spiro atoms. The highest BCUT2D eigenvalue weighted by molar-refractivity contribution is 6.31. The minimum atomic E-state index is -0.220. The lowest BCUT2D eigenvalue weighted by Crippen LogP contribution is -2.16. The molecule has 3 heterocycles. The molecule has 2 N–H and O–H groups in total. The van der Waals surface area contributed by atoms with Crippen LogP contribution in [0.4, 0.5) is 11.4 Å². The molecule has 0 saturated carbocycles. The first-order chi connectivity index (χ1) is 18.5. The summed E-state index contributed by atoms with van der Waals surface area (Å²) >= 11 is 12.5. The number of halogens is 2. The molecule has 192 valence electrons. The van der Waals surface area contributed by atoms with Crippen LogP contribution in [0.3, 0.4) is 0 Å². The average Bonchev–Trinajstić information content (AvgIpc) is 3.32. The van der Waals surface area contributed by atoms with Gasteiger partial charge < -0.3 is 15.2 Å². The van der Waals surface area contributed by atoms with Crippen LogP contribution in [0.5, 0.6) is 0 Å². The van der Waals surface area contributed by atoms with Gasteiger partial charge in [0.2, 0.25) is 0 Å². The van der Waals surface area contributed by atoms with Gasteiger partial charge in [0.25, 0.3) is 5.91 Å². The van der Waals surface area contributed by atoms with E-state index in [0.29, 0.717) is 22.9 Å². The van der Waals surface area contributed by atoms with Crippen LogP contribution < -0.4 is 10.6 Å². The van der Waals surface area contributed by atoms with Gasteiger partial charge in [0.1, 0.15) is 11.3 Å². The number of amides is 1. The number of aromatic nitrogens is 3. The van der Waals surface area contributed by atoms with Crippen LogP contribution in [0.15, 0.2) is 72.8 Å². The van der Waals surface area contributed by atoms with Gasteiger partial charge >= 0.3 is 0 Å². The fourth-order valence-electron chi connectivity index (χ4n) is 5.29. The Bertz CT molecular complexity index is 1650. The first-order valence-corrected chi connectivity index (χ1v) is 13.5. The lowest BCUT2D eigenvalue weighted by Gasteiger charge is -2.12. The number of anilines is 2. The molecule has 6 nitrogen and oxygen atoms in total. The largest absolute Gasteiger partial charge is 0.377 e. The summed E-state index contributed by atoms with van der Waals surface area (Å²) < 4.78 is 4.10. The van der Waals surface area contributed by atoms with Crippen molar-refractivity contribution >= 4 is 46.1 Å². The van der Waals surface area contributed by atoms with Crippen LogP contribution in [0.2, 0.25) is 10.0 Å². The molecule has 0 aliphatic carbocycles. The normalized spacial score (nSPS) is 12.9. The van der Waals surface area contributed by atoms with E-state index in [2.05, 4.69) is 27.3 Å². The van der Waals surface area contributed by atoms with Gasteiger partial charge in [-0.2, -0.15) is 5.10 Å². The van der Waals surface area contributed by atoms with Crippen molar-refractivity contribution in [3.8, 4) is 11.1 Å². The maximum absolute atomic E-state index is 13.9. The van der Waals surface area contributed by atoms with Gasteiger partial charge in [-0.05, 0) is 67.6 Å². The predicted octanol–water partition coefficient (Wildman–Crippen LogP) is 7.62. The molecule has 1 aliphatic rings. The molecule has 0 atom stereocenters. The lowest BCUT2D eigenvalue weighted by molar-refractivity contribution is 0.102. The van der Waals surface area contributed by atoms with E-state index in [0.717, 1.165) is 70.2 Å². The molecular weight excluding hydrogens is 517 g/mol. The second-order valence-corrected chi connectivity index (χ2v) is 10.4. The van der Waals surface area contributed by atoms with E-state index in [1.165, 1.54) is 0 Å². The Morgan fingerprint density at radius 1 is 1.00 bits per heavy atom. The van der Waals surface area contributed by atoms with E-state index < -0.39 is 0 Å². The molecule has 1 amide bonds. The lowest BCUT2D eigenvalue weighted by atomic mass is 9.98. The summed E-state index contributed by atoms with van der Waals surface area (Å²) in [6.45, 7) is 3.35. The molecule has 5 aromatic rings. The van der Waals surface area contributed by atoms with Crippen LogP contribution >= 0.6 is 23.2 Å². The molecule has 1 aliphatic heterocycles. The van der Waals surface area contributed by atoms with E-state index in [4.69, 9.17) is 28.3 Å². The number of nitrogens with one attached hydrogen (secondary N) is 2. The number of hydrogen-bond acceptors (Lipinski definition) is 3. The Labute approximate surface area is 231 Å². The van der Waals surface area contributed by atoms with Crippen LogP contribution in [-0.2, 0) is 19.5 Å². The third-order valence-corrected chi connectivity index (χ3v) is 7.77. The van der Waals surface area contributed by atoms with Crippen LogP contribution in [-0.4, -0.2) is 20.1 Å². The number of nitrogens with zero attached hydrogens (tertiary/aromatic N) is 3. The van der Waals surface area contributed by atoms with E-state index in [1.54, 1.807) is 12.1 Å². The zero-order valence-electron chi connectivity index (χ0n) is 21.0. The van der Waals surface area contributed by atoms with Gasteiger partial charge in [-0.1, -0.05) is 65.7 Å². The third-order valence-electron chi connectivity index (χ3n) is 7.13. The maximum Gasteiger partial charge on any atom is 0.275 e. The molecule has 0 saturated heterocycles. The number of benzene rings is 3. The van der Waals surface area contributed by atoms with Crippen LogP contribution in [0.1, 0.15) is 40.3 Å². The van der Waals surface area contributed by atoms with E-state index in [-0.39, 0.29) is 5.91 Å². The number of carbonyl (C=O) groups is 1. The summed E-state index contributed by atoms with van der Waals surface area (Å²) in [6, 6.07) is 23.1. The minimum Gasteiger partial charge on any atom is -0.377 e. The van der Waals surface area contributed by atoms with Gasteiger partial charge in [0, 0.05) is 39.1 Å². The fraction of sp³-hybridized carbons (Fsp3) is 0.200. The quantitative estimate of drug-likeness (QED) is 0.231. The van der Waals surface area contributed by atoms with Gasteiger partial charge in [-0.15, -0.1) is 0 Å². The van der Waals surface area contributed by atoms with Gasteiger partial charge in [0.05, 0.1) is 6.54 Å². The summed E-state index contributed by atoms with van der Waals surface area (Å²) in [5, 5.41) is 12.9. The monoisotopic (exact) mass is 543 g/mol. The molecule has 6 rings (SSSR count). The number of rotatable bonds is 6. The average molecular weight is 544 g/mol. The Balaban J connectivity index is 1.49. The second-order valence-electron chi connectivity index (χ2n) is 9.56. The van der Waals surface area contributed by atoms with Gasteiger partial charge in [0.15, 0.2) is 5.82 Å². The first kappa shape index (κ1) is 24.6. The van der Waals surface area contributed by atoms with Crippen LogP contribution in [0, 0.1) is 6.92 Å². The predicted molar refractivity (Wildman–Crippen MR) is 154 cm³/mol. The van der Waals surface area contributed by atoms with Crippen molar-refractivity contribution in [2.45, 2.75) is 39.3 Å². The molecule has 0 fully saturated rings. The van der Waals surface area contributed by atoms with Crippen LogP contribution in [0.25, 0.3) is 16.8 Å². The van der Waals surface area contributed by atoms with E-state index >= 15 is 0 Å². The molecular formula is C30H27Cl2N5O. The highest BCUT2D eigenvalue weighted by Crippen LogP contribution is 2.37. The molecule has 8 heteroatoms. The van der Waals surface area contributed by atoms with Crippen molar-refractivity contribution < 1.29 is 4.79 Å². The van der Waals surface area contributed by atoms with Crippen molar-refractivity contribution in [3.63, 3.8) is 0 Å². The van der Waals surface area contributed by atoms with Crippen molar-refractivity contribution in [2.75, 3.05) is 10.6 Å². The molecule has 3 aromatic carbocycles. The van der Waals surface area contributed by atoms with Crippen molar-refractivity contribution in [3.05, 3.63) is 105 Å². The smallest absolute Gasteiger partial charge is 0.275 e. The second kappa shape index (κ2) is 10.2. The highest BCUT2D eigenvalue weighted by Gasteiger charge is 2.30. The molecule has 2 aromatic heterocycles. The fourth-order valence-corrected chi connectivity index (χ4v) is 5.65. The summed E-state index contributed by atoms with van der Waals surface area (Å²) in [4.78, 5) is 13.9. The summed E-state index contributed by atoms with van der Waals surface area (Å²) in [5.41, 5.74) is 7.22. The summed E-state index contributed by atoms with van der Waals surface area (Å²) in [5.74, 6) is 0.654. The molecule has 38 heavy (non-hydrogen) atoms. The van der Waals surface area contributed by atoms with Crippen molar-refractivity contribution in [2.24, 2.45) is 0 Å². The van der Waals surface area contributed by atoms with Crippen molar-refractivity contribution in [1.29, 1.82) is 0 Å². The topological polar surface area (TPSA) is 63.4 Å². The zero-order valence-corrected chi connectivity index (χ0v) is 22.5. The zero-order chi connectivity index (χ0) is 26.2. The maximum atomic E-state index is 13.9. The number of hydrogen-bond donors (Lipinski definition) is 2. The minimum absolute atomic E-state index is 0.220. The number of aryl methyl sites for hydroxylation is 2. The Hall–Kier alpha value is -3.74. The molecule has 0 bridgehead atoms. The first-order valence-electron chi connectivity index (χ1n) is 12.8. The Kier molecular flexibility index (Phi) is 6.60. The highest BCUT2D eigenvalue weighted by atomic mass is 35.5.